The Hall–Kier alpha value is -1.24. The molecule has 2 rings (SSSR count). The van der Waals surface area contributed by atoms with Gasteiger partial charge >= 0.3 is 0 Å². The van der Waals surface area contributed by atoms with Gasteiger partial charge in [-0.3, -0.25) is 4.90 Å². The average Bonchev–Trinajstić information content (AvgIpc) is 3.01. The van der Waals surface area contributed by atoms with Crippen molar-refractivity contribution in [2.24, 2.45) is 5.92 Å². The Morgan fingerprint density at radius 3 is 2.90 bits per heavy atom. The fraction of sp³-hybridized carbons (Fsp3) is 0.571. The lowest BCUT2D eigenvalue weighted by molar-refractivity contribution is 0.263. The number of hydrogen-bond donors (Lipinski definition) is 1. The summed E-state index contributed by atoms with van der Waals surface area (Å²) in [6, 6.07) is 2.02. The van der Waals surface area contributed by atoms with E-state index in [0.29, 0.717) is 5.92 Å². The maximum atomic E-state index is 5.36. The lowest BCUT2D eigenvalue weighted by Crippen LogP contribution is -2.19. The molecule has 0 aliphatic heterocycles. The first-order valence-corrected chi connectivity index (χ1v) is 7.78. The van der Waals surface area contributed by atoms with Gasteiger partial charge in [0.1, 0.15) is 0 Å². The van der Waals surface area contributed by atoms with Gasteiger partial charge in [0.2, 0.25) is 0 Å². The molecule has 0 amide bonds. The van der Waals surface area contributed by atoms with Crippen molar-refractivity contribution in [2.75, 3.05) is 13.6 Å². The Labute approximate surface area is 124 Å². The van der Waals surface area contributed by atoms with Gasteiger partial charge < -0.3 is 9.84 Å². The van der Waals surface area contributed by atoms with Crippen LogP contribution in [0.4, 0.5) is 0 Å². The summed E-state index contributed by atoms with van der Waals surface area (Å²) < 4.78 is 5.36. The number of rotatable bonds is 8. The van der Waals surface area contributed by atoms with Gasteiger partial charge in [0, 0.05) is 24.5 Å². The molecule has 5 nitrogen and oxygen atoms in total. The van der Waals surface area contributed by atoms with Crippen LogP contribution in [0.3, 0.4) is 0 Å². The largest absolute Gasteiger partial charge is 0.360 e. The van der Waals surface area contributed by atoms with E-state index in [0.717, 1.165) is 43.3 Å². The molecular formula is C14H22N4OS. The van der Waals surface area contributed by atoms with Crippen molar-refractivity contribution >= 4 is 11.3 Å². The van der Waals surface area contributed by atoms with Gasteiger partial charge in [-0.05, 0) is 19.5 Å². The van der Waals surface area contributed by atoms with E-state index < -0.39 is 0 Å². The Balaban J connectivity index is 1.77. The minimum absolute atomic E-state index is 0.644. The van der Waals surface area contributed by atoms with Crippen LogP contribution in [0.5, 0.6) is 0 Å². The molecular weight excluding hydrogens is 272 g/mol. The van der Waals surface area contributed by atoms with E-state index in [2.05, 4.69) is 46.6 Å². The first-order valence-electron chi connectivity index (χ1n) is 6.84. The van der Waals surface area contributed by atoms with Crippen LogP contribution >= 0.6 is 11.3 Å². The minimum atomic E-state index is 0.644. The van der Waals surface area contributed by atoms with Crippen molar-refractivity contribution < 1.29 is 4.52 Å². The zero-order chi connectivity index (χ0) is 14.4. The second kappa shape index (κ2) is 7.52. The quantitative estimate of drug-likeness (QED) is 0.810. The van der Waals surface area contributed by atoms with Gasteiger partial charge in [0.15, 0.2) is 5.76 Å². The van der Waals surface area contributed by atoms with Crippen LogP contribution in [0.2, 0.25) is 0 Å². The fourth-order valence-electron chi connectivity index (χ4n) is 1.92. The lowest BCUT2D eigenvalue weighted by atomic mass is 10.2. The lowest BCUT2D eigenvalue weighted by Gasteiger charge is -2.12. The SMILES string of the molecule is CC(C)CNCc1cc(CN(C)Cc2cscn2)on1. The van der Waals surface area contributed by atoms with E-state index in [1.807, 2.05) is 11.6 Å². The molecule has 0 aliphatic carbocycles. The van der Waals surface area contributed by atoms with E-state index in [1.54, 1.807) is 11.3 Å². The van der Waals surface area contributed by atoms with Crippen LogP contribution in [-0.4, -0.2) is 28.6 Å². The number of nitrogens with zero attached hydrogens (tertiary/aromatic N) is 3. The molecule has 0 bridgehead atoms. The number of nitrogens with one attached hydrogen (secondary N) is 1. The normalized spacial score (nSPS) is 11.7. The third-order valence-electron chi connectivity index (χ3n) is 2.81. The molecule has 0 unspecified atom stereocenters. The molecule has 110 valence electrons. The summed E-state index contributed by atoms with van der Waals surface area (Å²) in [5, 5.41) is 9.51. The zero-order valence-electron chi connectivity index (χ0n) is 12.3. The van der Waals surface area contributed by atoms with E-state index in [-0.39, 0.29) is 0 Å². The second-order valence-electron chi connectivity index (χ2n) is 5.46. The van der Waals surface area contributed by atoms with Crippen molar-refractivity contribution in [3.8, 4) is 0 Å². The molecule has 0 atom stereocenters. The average molecular weight is 294 g/mol. The Bertz CT molecular complexity index is 495. The van der Waals surface area contributed by atoms with Crippen LogP contribution in [0.1, 0.15) is 31.0 Å². The fourth-order valence-corrected chi connectivity index (χ4v) is 2.47. The molecule has 0 saturated carbocycles. The van der Waals surface area contributed by atoms with E-state index >= 15 is 0 Å². The highest BCUT2D eigenvalue weighted by Crippen LogP contribution is 2.10. The third-order valence-corrected chi connectivity index (χ3v) is 3.44. The minimum Gasteiger partial charge on any atom is -0.360 e. The van der Waals surface area contributed by atoms with E-state index in [9.17, 15) is 0 Å². The monoisotopic (exact) mass is 294 g/mol. The molecule has 20 heavy (non-hydrogen) atoms. The molecule has 0 saturated heterocycles. The summed E-state index contributed by atoms with van der Waals surface area (Å²) in [6.45, 7) is 7.70. The molecule has 0 fully saturated rings. The van der Waals surface area contributed by atoms with E-state index in [4.69, 9.17) is 4.52 Å². The molecule has 2 aromatic heterocycles. The van der Waals surface area contributed by atoms with Gasteiger partial charge in [0.05, 0.1) is 23.4 Å². The highest BCUT2D eigenvalue weighted by atomic mass is 32.1. The van der Waals surface area contributed by atoms with Crippen molar-refractivity contribution in [1.29, 1.82) is 0 Å². The predicted octanol–water partition coefficient (Wildman–Crippen LogP) is 2.51. The predicted molar refractivity (Wildman–Crippen MR) is 80.3 cm³/mol. The molecule has 0 spiro atoms. The highest BCUT2D eigenvalue weighted by molar-refractivity contribution is 7.07. The first kappa shape index (κ1) is 15.2. The third kappa shape index (κ3) is 5.03. The number of thiazole rings is 1. The standard InChI is InChI=1S/C14H22N4OS/c1-11(2)5-15-6-12-4-14(19-17-12)8-18(3)7-13-9-20-10-16-13/h4,9-11,15H,5-8H2,1-3H3. The highest BCUT2D eigenvalue weighted by Gasteiger charge is 2.08. The smallest absolute Gasteiger partial charge is 0.151 e. The summed E-state index contributed by atoms with van der Waals surface area (Å²) in [5.74, 6) is 1.54. The van der Waals surface area contributed by atoms with Crippen LogP contribution in [0.25, 0.3) is 0 Å². The number of aromatic nitrogens is 2. The van der Waals surface area contributed by atoms with Crippen LogP contribution in [0.15, 0.2) is 21.5 Å². The maximum absolute atomic E-state index is 5.36. The summed E-state index contributed by atoms with van der Waals surface area (Å²) in [5.41, 5.74) is 3.91. The van der Waals surface area contributed by atoms with Gasteiger partial charge in [0.25, 0.3) is 0 Å². The van der Waals surface area contributed by atoms with Crippen LogP contribution < -0.4 is 5.32 Å². The van der Waals surface area contributed by atoms with Gasteiger partial charge in [-0.1, -0.05) is 19.0 Å². The summed E-state index contributed by atoms with van der Waals surface area (Å²) in [6.07, 6.45) is 0. The van der Waals surface area contributed by atoms with E-state index in [1.165, 1.54) is 0 Å². The van der Waals surface area contributed by atoms with Crippen LogP contribution in [-0.2, 0) is 19.6 Å². The molecule has 6 heteroatoms. The Kier molecular flexibility index (Phi) is 5.70. The molecule has 0 aromatic carbocycles. The van der Waals surface area contributed by atoms with Crippen molar-refractivity contribution in [3.63, 3.8) is 0 Å². The molecule has 1 N–H and O–H groups in total. The van der Waals surface area contributed by atoms with Gasteiger partial charge in [-0.25, -0.2) is 4.98 Å². The summed E-state index contributed by atoms with van der Waals surface area (Å²) >= 11 is 1.62. The molecule has 2 heterocycles. The van der Waals surface area contributed by atoms with Crippen molar-refractivity contribution in [3.05, 3.63) is 34.1 Å². The second-order valence-corrected chi connectivity index (χ2v) is 6.18. The number of hydrogen-bond acceptors (Lipinski definition) is 6. The molecule has 0 radical (unpaired) electrons. The summed E-state index contributed by atoms with van der Waals surface area (Å²) in [7, 11) is 2.05. The summed E-state index contributed by atoms with van der Waals surface area (Å²) in [4.78, 5) is 6.45. The topological polar surface area (TPSA) is 54.2 Å². The zero-order valence-corrected chi connectivity index (χ0v) is 13.1. The maximum Gasteiger partial charge on any atom is 0.151 e. The van der Waals surface area contributed by atoms with Crippen molar-refractivity contribution in [2.45, 2.75) is 33.5 Å². The van der Waals surface area contributed by atoms with Gasteiger partial charge in [-0.2, -0.15) is 0 Å². The molecule has 0 aliphatic rings. The van der Waals surface area contributed by atoms with Gasteiger partial charge in [-0.15, -0.1) is 11.3 Å². The molecule has 2 aromatic rings. The first-order chi connectivity index (χ1) is 9.63. The Morgan fingerprint density at radius 2 is 2.20 bits per heavy atom. The van der Waals surface area contributed by atoms with Crippen molar-refractivity contribution in [1.82, 2.24) is 20.4 Å². The Morgan fingerprint density at radius 1 is 1.35 bits per heavy atom. The van der Waals surface area contributed by atoms with Crippen LogP contribution in [0, 0.1) is 5.92 Å².